The summed E-state index contributed by atoms with van der Waals surface area (Å²) < 4.78 is 1.40. The smallest absolute Gasteiger partial charge is 0.408 e. The second-order valence-corrected chi connectivity index (χ2v) is 3.93. The van der Waals surface area contributed by atoms with E-state index in [0.717, 1.165) is 6.42 Å². The Balaban J connectivity index is 2.35. The fourth-order valence-corrected chi connectivity index (χ4v) is 1.57. The molecule has 1 aromatic rings. The third kappa shape index (κ3) is 4.39. The summed E-state index contributed by atoms with van der Waals surface area (Å²) in [6, 6.07) is 0. The van der Waals surface area contributed by atoms with Gasteiger partial charge in [-0.05, 0) is 17.8 Å². The van der Waals surface area contributed by atoms with Crippen LogP contribution in [0.15, 0.2) is 6.20 Å². The SMILES string of the molecule is O=C(O)CCCCCn1cc(Cl)c([N+](=O)[O-])n1. The third-order valence-electron chi connectivity index (χ3n) is 2.15. The van der Waals surface area contributed by atoms with Crippen LogP contribution in [0.25, 0.3) is 0 Å². The summed E-state index contributed by atoms with van der Waals surface area (Å²) in [6.45, 7) is 0.493. The van der Waals surface area contributed by atoms with Crippen LogP contribution in [0, 0.1) is 10.1 Å². The highest BCUT2D eigenvalue weighted by atomic mass is 35.5. The van der Waals surface area contributed by atoms with Crippen molar-refractivity contribution in [1.82, 2.24) is 9.78 Å². The van der Waals surface area contributed by atoms with Crippen molar-refractivity contribution in [2.75, 3.05) is 0 Å². The lowest BCUT2D eigenvalue weighted by Crippen LogP contribution is -2.00. The van der Waals surface area contributed by atoms with Crippen molar-refractivity contribution in [3.05, 3.63) is 21.3 Å². The van der Waals surface area contributed by atoms with Gasteiger partial charge in [0.15, 0.2) is 5.02 Å². The molecule has 0 aliphatic carbocycles. The van der Waals surface area contributed by atoms with Crippen LogP contribution in [0.4, 0.5) is 5.82 Å². The van der Waals surface area contributed by atoms with Gasteiger partial charge in [0.05, 0.1) is 17.8 Å². The number of rotatable bonds is 7. The highest BCUT2D eigenvalue weighted by molar-refractivity contribution is 6.32. The molecule has 0 saturated carbocycles. The molecule has 0 aliphatic heterocycles. The molecular formula is C9H12ClN3O4. The van der Waals surface area contributed by atoms with Gasteiger partial charge in [-0.1, -0.05) is 18.0 Å². The zero-order valence-electron chi connectivity index (χ0n) is 9.00. The number of unbranched alkanes of at least 4 members (excludes halogenated alkanes) is 2. The average Bonchev–Trinajstić information content (AvgIpc) is 2.59. The molecule has 1 heterocycles. The molecule has 0 aromatic carbocycles. The Labute approximate surface area is 102 Å². The molecule has 1 rings (SSSR count). The fourth-order valence-electron chi connectivity index (χ4n) is 1.35. The highest BCUT2D eigenvalue weighted by Crippen LogP contribution is 2.21. The Bertz CT molecular complexity index is 418. The van der Waals surface area contributed by atoms with E-state index in [9.17, 15) is 14.9 Å². The molecular weight excluding hydrogens is 250 g/mol. The van der Waals surface area contributed by atoms with Crippen LogP contribution in [-0.4, -0.2) is 25.8 Å². The first-order chi connectivity index (χ1) is 8.00. The summed E-state index contributed by atoms with van der Waals surface area (Å²) in [4.78, 5) is 20.1. The predicted molar refractivity (Wildman–Crippen MR) is 60.0 cm³/mol. The van der Waals surface area contributed by atoms with Gasteiger partial charge in [0, 0.05) is 6.42 Å². The monoisotopic (exact) mass is 261 g/mol. The van der Waals surface area contributed by atoms with E-state index in [1.54, 1.807) is 0 Å². The van der Waals surface area contributed by atoms with E-state index < -0.39 is 10.9 Å². The highest BCUT2D eigenvalue weighted by Gasteiger charge is 2.18. The fraction of sp³-hybridized carbons (Fsp3) is 0.556. The number of nitro groups is 1. The molecule has 7 nitrogen and oxygen atoms in total. The van der Waals surface area contributed by atoms with Crippen molar-refractivity contribution in [3.63, 3.8) is 0 Å². The molecule has 0 aliphatic rings. The van der Waals surface area contributed by atoms with E-state index in [-0.39, 0.29) is 17.3 Å². The normalized spacial score (nSPS) is 10.4. The number of aliphatic carboxylic acids is 1. The van der Waals surface area contributed by atoms with Gasteiger partial charge in [0.2, 0.25) is 0 Å². The summed E-state index contributed by atoms with van der Waals surface area (Å²) in [5.74, 6) is -1.17. The lowest BCUT2D eigenvalue weighted by atomic mass is 10.2. The molecule has 8 heteroatoms. The number of halogens is 1. The molecule has 0 spiro atoms. The Kier molecular flexibility index (Phi) is 4.89. The standard InChI is InChI=1S/C9H12ClN3O4/c10-7-6-12(11-9(7)13(16)17)5-3-1-2-4-8(14)15/h6H,1-5H2,(H,14,15). The Hall–Kier alpha value is -1.63. The summed E-state index contributed by atoms with van der Waals surface area (Å²) in [5.41, 5.74) is 0. The van der Waals surface area contributed by atoms with Crippen LogP contribution in [0.2, 0.25) is 5.02 Å². The van der Waals surface area contributed by atoms with Gasteiger partial charge in [0.1, 0.15) is 0 Å². The second-order valence-electron chi connectivity index (χ2n) is 3.53. The van der Waals surface area contributed by atoms with Gasteiger partial charge >= 0.3 is 11.8 Å². The largest absolute Gasteiger partial charge is 0.481 e. The second kappa shape index (κ2) is 6.19. The molecule has 94 valence electrons. The first-order valence-electron chi connectivity index (χ1n) is 5.10. The zero-order valence-corrected chi connectivity index (χ0v) is 9.76. The molecule has 1 aromatic heterocycles. The molecule has 1 N–H and O–H groups in total. The molecule has 17 heavy (non-hydrogen) atoms. The van der Waals surface area contributed by atoms with Crippen LogP contribution in [0.5, 0.6) is 0 Å². The van der Waals surface area contributed by atoms with Crippen LogP contribution < -0.4 is 0 Å². The number of carbonyl (C=O) groups is 1. The minimum atomic E-state index is -0.817. The van der Waals surface area contributed by atoms with Crippen LogP contribution in [0.1, 0.15) is 25.7 Å². The first kappa shape index (κ1) is 13.4. The van der Waals surface area contributed by atoms with Crippen LogP contribution in [0.3, 0.4) is 0 Å². The van der Waals surface area contributed by atoms with Crippen molar-refractivity contribution in [2.45, 2.75) is 32.2 Å². The molecule has 0 amide bonds. The Morgan fingerprint density at radius 3 is 2.76 bits per heavy atom. The molecule has 0 unspecified atom stereocenters. The number of aromatic nitrogens is 2. The maximum absolute atomic E-state index is 10.5. The summed E-state index contributed by atoms with van der Waals surface area (Å²) in [5, 5.41) is 22.6. The third-order valence-corrected chi connectivity index (χ3v) is 2.42. The van der Waals surface area contributed by atoms with Crippen molar-refractivity contribution < 1.29 is 14.8 Å². The van der Waals surface area contributed by atoms with Gasteiger partial charge in [-0.3, -0.25) is 4.79 Å². The number of hydrogen-bond donors (Lipinski definition) is 1. The van der Waals surface area contributed by atoms with E-state index in [1.165, 1.54) is 10.9 Å². The van der Waals surface area contributed by atoms with Crippen LogP contribution >= 0.6 is 11.6 Å². The van der Waals surface area contributed by atoms with Gasteiger partial charge < -0.3 is 15.2 Å². The number of nitrogens with zero attached hydrogens (tertiary/aromatic N) is 3. The average molecular weight is 262 g/mol. The van der Waals surface area contributed by atoms with Gasteiger partial charge in [-0.2, -0.15) is 4.68 Å². The van der Waals surface area contributed by atoms with Gasteiger partial charge in [-0.25, -0.2) is 0 Å². The lowest BCUT2D eigenvalue weighted by Gasteiger charge is -1.96. The topological polar surface area (TPSA) is 98.3 Å². The predicted octanol–water partition coefficient (Wildman–Crippen LogP) is 2.09. The van der Waals surface area contributed by atoms with E-state index in [2.05, 4.69) is 5.10 Å². The number of aryl methyl sites for hydroxylation is 1. The summed E-state index contributed by atoms with van der Waals surface area (Å²) in [6.07, 6.45) is 3.57. The zero-order chi connectivity index (χ0) is 12.8. The maximum atomic E-state index is 10.5. The Morgan fingerprint density at radius 1 is 1.53 bits per heavy atom. The quantitative estimate of drug-likeness (QED) is 0.460. The van der Waals surface area contributed by atoms with Crippen LogP contribution in [-0.2, 0) is 11.3 Å². The number of carboxylic acid groups (broad SMARTS) is 1. The van der Waals surface area contributed by atoms with Gasteiger partial charge in [0.25, 0.3) is 0 Å². The molecule has 0 bridgehead atoms. The lowest BCUT2D eigenvalue weighted by molar-refractivity contribution is -0.389. The van der Waals surface area contributed by atoms with Crippen molar-refractivity contribution >= 4 is 23.4 Å². The van der Waals surface area contributed by atoms with E-state index in [0.29, 0.717) is 19.4 Å². The van der Waals surface area contributed by atoms with E-state index in [1.807, 2.05) is 0 Å². The minimum Gasteiger partial charge on any atom is -0.481 e. The van der Waals surface area contributed by atoms with Crippen molar-refractivity contribution in [1.29, 1.82) is 0 Å². The van der Waals surface area contributed by atoms with Crippen molar-refractivity contribution in [3.8, 4) is 0 Å². The molecule has 0 fully saturated rings. The van der Waals surface area contributed by atoms with Gasteiger partial charge in [-0.15, -0.1) is 0 Å². The number of carboxylic acids is 1. The molecule has 0 saturated heterocycles. The molecule has 0 radical (unpaired) electrons. The number of hydrogen-bond acceptors (Lipinski definition) is 4. The molecule has 0 atom stereocenters. The van der Waals surface area contributed by atoms with Crippen molar-refractivity contribution in [2.24, 2.45) is 0 Å². The summed E-state index contributed by atoms with van der Waals surface area (Å²) in [7, 11) is 0. The first-order valence-corrected chi connectivity index (χ1v) is 5.47. The van der Waals surface area contributed by atoms with E-state index in [4.69, 9.17) is 16.7 Å². The minimum absolute atomic E-state index is 0.0144. The maximum Gasteiger partial charge on any atom is 0.408 e. The van der Waals surface area contributed by atoms with E-state index >= 15 is 0 Å². The Morgan fingerprint density at radius 2 is 2.24 bits per heavy atom. The summed E-state index contributed by atoms with van der Waals surface area (Å²) >= 11 is 5.62.